The van der Waals surface area contributed by atoms with E-state index in [-0.39, 0.29) is 18.5 Å². The SMILES string of the molecule is O=C(O)C1CCC(CF)C1. The molecule has 0 radical (unpaired) electrons. The predicted molar refractivity (Wildman–Crippen MR) is 34.4 cm³/mol. The van der Waals surface area contributed by atoms with E-state index in [4.69, 9.17) is 5.11 Å². The molecular formula is C7H11FO2. The zero-order valence-electron chi connectivity index (χ0n) is 5.72. The summed E-state index contributed by atoms with van der Waals surface area (Å²) in [4.78, 5) is 10.3. The monoisotopic (exact) mass is 146 g/mol. The summed E-state index contributed by atoms with van der Waals surface area (Å²) in [5.74, 6) is -1.03. The van der Waals surface area contributed by atoms with Gasteiger partial charge in [-0.25, -0.2) is 0 Å². The van der Waals surface area contributed by atoms with Gasteiger partial charge >= 0.3 is 5.97 Å². The van der Waals surface area contributed by atoms with E-state index in [9.17, 15) is 9.18 Å². The average Bonchev–Trinajstić information content (AvgIpc) is 2.34. The number of hydrogen-bond donors (Lipinski definition) is 1. The van der Waals surface area contributed by atoms with Crippen LogP contribution in [0, 0.1) is 11.8 Å². The van der Waals surface area contributed by atoms with Crippen molar-refractivity contribution in [3.8, 4) is 0 Å². The van der Waals surface area contributed by atoms with Crippen molar-refractivity contribution in [3.63, 3.8) is 0 Å². The molecule has 0 spiro atoms. The molecule has 0 heterocycles. The summed E-state index contributed by atoms with van der Waals surface area (Å²) in [6, 6.07) is 0. The average molecular weight is 146 g/mol. The van der Waals surface area contributed by atoms with Crippen molar-refractivity contribution in [2.45, 2.75) is 19.3 Å². The molecule has 0 aromatic carbocycles. The molecule has 2 unspecified atom stereocenters. The van der Waals surface area contributed by atoms with Crippen LogP contribution in [0.15, 0.2) is 0 Å². The van der Waals surface area contributed by atoms with Gasteiger partial charge in [-0.15, -0.1) is 0 Å². The van der Waals surface area contributed by atoms with Crippen LogP contribution < -0.4 is 0 Å². The van der Waals surface area contributed by atoms with E-state index >= 15 is 0 Å². The third-order valence-electron chi connectivity index (χ3n) is 2.11. The number of aliphatic carboxylic acids is 1. The van der Waals surface area contributed by atoms with Crippen molar-refractivity contribution >= 4 is 5.97 Å². The summed E-state index contributed by atoms with van der Waals surface area (Å²) in [6.07, 6.45) is 1.93. The number of alkyl halides is 1. The van der Waals surface area contributed by atoms with E-state index < -0.39 is 5.97 Å². The Hall–Kier alpha value is -0.600. The largest absolute Gasteiger partial charge is 0.481 e. The highest BCUT2D eigenvalue weighted by molar-refractivity contribution is 5.70. The van der Waals surface area contributed by atoms with Crippen molar-refractivity contribution < 1.29 is 14.3 Å². The van der Waals surface area contributed by atoms with Gasteiger partial charge in [-0.2, -0.15) is 0 Å². The third-order valence-corrected chi connectivity index (χ3v) is 2.11. The minimum Gasteiger partial charge on any atom is -0.481 e. The van der Waals surface area contributed by atoms with Crippen LogP contribution in [-0.4, -0.2) is 17.8 Å². The molecule has 10 heavy (non-hydrogen) atoms. The molecule has 1 saturated carbocycles. The van der Waals surface area contributed by atoms with Crippen LogP contribution >= 0.6 is 0 Å². The number of halogens is 1. The van der Waals surface area contributed by atoms with Gasteiger partial charge in [0.05, 0.1) is 12.6 Å². The Kier molecular flexibility index (Phi) is 2.25. The molecule has 0 aliphatic heterocycles. The fourth-order valence-corrected chi connectivity index (χ4v) is 1.44. The fourth-order valence-electron chi connectivity index (χ4n) is 1.44. The first-order valence-corrected chi connectivity index (χ1v) is 3.52. The third kappa shape index (κ3) is 1.46. The molecule has 0 aromatic rings. The van der Waals surface area contributed by atoms with Gasteiger partial charge in [-0.3, -0.25) is 9.18 Å². The molecule has 1 fully saturated rings. The first kappa shape index (κ1) is 7.51. The lowest BCUT2D eigenvalue weighted by Crippen LogP contribution is -2.09. The van der Waals surface area contributed by atoms with E-state index in [1.54, 1.807) is 0 Å². The lowest BCUT2D eigenvalue weighted by atomic mass is 10.1. The molecule has 1 aliphatic rings. The molecule has 2 atom stereocenters. The smallest absolute Gasteiger partial charge is 0.306 e. The van der Waals surface area contributed by atoms with Gasteiger partial charge in [0.25, 0.3) is 0 Å². The van der Waals surface area contributed by atoms with Gasteiger partial charge in [0.15, 0.2) is 0 Å². The van der Waals surface area contributed by atoms with E-state index in [0.29, 0.717) is 12.8 Å². The van der Waals surface area contributed by atoms with Crippen LogP contribution in [0.4, 0.5) is 4.39 Å². The van der Waals surface area contributed by atoms with Crippen molar-refractivity contribution in [2.24, 2.45) is 11.8 Å². The summed E-state index contributed by atoms with van der Waals surface area (Å²) in [7, 11) is 0. The van der Waals surface area contributed by atoms with Gasteiger partial charge in [0.1, 0.15) is 0 Å². The van der Waals surface area contributed by atoms with Gasteiger partial charge in [-0.05, 0) is 25.2 Å². The van der Waals surface area contributed by atoms with E-state index in [0.717, 1.165) is 6.42 Å². The quantitative estimate of drug-likeness (QED) is 0.640. The number of carboxylic acids is 1. The molecule has 1 aliphatic carbocycles. The standard InChI is InChI=1S/C7H11FO2/c8-4-5-1-2-6(3-5)7(9)10/h5-6H,1-4H2,(H,9,10). The Morgan fingerprint density at radius 2 is 2.30 bits per heavy atom. The zero-order valence-corrected chi connectivity index (χ0v) is 5.72. The van der Waals surface area contributed by atoms with Crippen molar-refractivity contribution in [1.82, 2.24) is 0 Å². The van der Waals surface area contributed by atoms with Crippen LogP contribution in [0.1, 0.15) is 19.3 Å². The highest BCUT2D eigenvalue weighted by Crippen LogP contribution is 2.30. The Morgan fingerprint density at radius 1 is 1.60 bits per heavy atom. The van der Waals surface area contributed by atoms with Crippen molar-refractivity contribution in [2.75, 3.05) is 6.67 Å². The fraction of sp³-hybridized carbons (Fsp3) is 0.857. The Morgan fingerprint density at radius 3 is 2.60 bits per heavy atom. The zero-order chi connectivity index (χ0) is 7.56. The van der Waals surface area contributed by atoms with E-state index in [1.165, 1.54) is 0 Å². The second-order valence-electron chi connectivity index (χ2n) is 2.87. The minimum atomic E-state index is -0.768. The number of carbonyl (C=O) groups is 1. The Balaban J connectivity index is 2.35. The van der Waals surface area contributed by atoms with Gasteiger partial charge < -0.3 is 5.11 Å². The number of rotatable bonds is 2. The Labute approximate surface area is 59.0 Å². The molecular weight excluding hydrogens is 135 g/mol. The summed E-state index contributed by atoms with van der Waals surface area (Å²) in [5, 5.41) is 8.50. The first-order valence-electron chi connectivity index (χ1n) is 3.52. The molecule has 1 rings (SSSR count). The van der Waals surface area contributed by atoms with Crippen molar-refractivity contribution in [1.29, 1.82) is 0 Å². The molecule has 2 nitrogen and oxygen atoms in total. The molecule has 3 heteroatoms. The molecule has 0 aromatic heterocycles. The maximum absolute atomic E-state index is 11.9. The topological polar surface area (TPSA) is 37.3 Å². The van der Waals surface area contributed by atoms with Gasteiger partial charge in [0, 0.05) is 0 Å². The highest BCUT2D eigenvalue weighted by Gasteiger charge is 2.29. The molecule has 58 valence electrons. The van der Waals surface area contributed by atoms with Crippen LogP contribution in [0.2, 0.25) is 0 Å². The lowest BCUT2D eigenvalue weighted by Gasteiger charge is -2.01. The minimum absolute atomic E-state index is 0.0149. The second-order valence-corrected chi connectivity index (χ2v) is 2.87. The summed E-state index contributed by atoms with van der Waals surface area (Å²) < 4.78 is 11.9. The van der Waals surface area contributed by atoms with E-state index in [1.807, 2.05) is 0 Å². The lowest BCUT2D eigenvalue weighted by molar-refractivity contribution is -0.141. The van der Waals surface area contributed by atoms with Gasteiger partial charge in [0.2, 0.25) is 0 Å². The predicted octanol–water partition coefficient (Wildman–Crippen LogP) is 1.46. The van der Waals surface area contributed by atoms with E-state index in [2.05, 4.69) is 0 Å². The highest BCUT2D eigenvalue weighted by atomic mass is 19.1. The molecule has 1 N–H and O–H groups in total. The normalized spacial score (nSPS) is 32.5. The first-order chi connectivity index (χ1) is 4.74. The Bertz CT molecular complexity index is 136. The molecule has 0 bridgehead atoms. The van der Waals surface area contributed by atoms with Crippen LogP contribution in [0.25, 0.3) is 0 Å². The van der Waals surface area contributed by atoms with Crippen molar-refractivity contribution in [3.05, 3.63) is 0 Å². The second kappa shape index (κ2) is 2.99. The number of hydrogen-bond acceptors (Lipinski definition) is 1. The van der Waals surface area contributed by atoms with Gasteiger partial charge in [-0.1, -0.05) is 0 Å². The molecule has 0 amide bonds. The molecule has 0 saturated heterocycles. The summed E-state index contributed by atoms with van der Waals surface area (Å²) in [6.45, 7) is -0.357. The maximum atomic E-state index is 11.9. The van der Waals surface area contributed by atoms with Crippen LogP contribution in [0.3, 0.4) is 0 Å². The maximum Gasteiger partial charge on any atom is 0.306 e. The number of carboxylic acid groups (broad SMARTS) is 1. The van der Waals surface area contributed by atoms with Crippen LogP contribution in [-0.2, 0) is 4.79 Å². The summed E-state index contributed by atoms with van der Waals surface area (Å²) in [5.41, 5.74) is 0. The van der Waals surface area contributed by atoms with Crippen LogP contribution in [0.5, 0.6) is 0 Å². The summed E-state index contributed by atoms with van der Waals surface area (Å²) >= 11 is 0.